The summed E-state index contributed by atoms with van der Waals surface area (Å²) in [5.74, 6) is -3.74. The minimum absolute atomic E-state index is 0.00149. The molecule has 0 bridgehead atoms. The van der Waals surface area contributed by atoms with Crippen molar-refractivity contribution in [1.29, 1.82) is 0 Å². The van der Waals surface area contributed by atoms with Crippen LogP contribution in [0.5, 0.6) is 5.75 Å². The number of benzene rings is 2. The minimum Gasteiger partial charge on any atom is -0.495 e. The third-order valence-electron chi connectivity index (χ3n) is 6.76. The van der Waals surface area contributed by atoms with Gasteiger partial charge in [-0.1, -0.05) is 42.5 Å². The number of carbonyl (C=O) groups is 1. The fourth-order valence-electron chi connectivity index (χ4n) is 4.52. The van der Waals surface area contributed by atoms with Crippen LogP contribution in [0.25, 0.3) is 5.57 Å². The van der Waals surface area contributed by atoms with Crippen molar-refractivity contribution in [3.63, 3.8) is 0 Å². The summed E-state index contributed by atoms with van der Waals surface area (Å²) < 4.78 is 87.9. The molecule has 1 saturated carbocycles. The van der Waals surface area contributed by atoms with Crippen LogP contribution in [0.3, 0.4) is 0 Å². The highest BCUT2D eigenvalue weighted by Crippen LogP contribution is 2.41. The second kappa shape index (κ2) is 12.1. The molecule has 3 rings (SSSR count). The van der Waals surface area contributed by atoms with Crippen LogP contribution in [0.4, 0.5) is 23.2 Å². The van der Waals surface area contributed by atoms with E-state index in [1.54, 1.807) is 25.2 Å². The first-order valence-electron chi connectivity index (χ1n) is 12.1. The summed E-state index contributed by atoms with van der Waals surface area (Å²) in [6, 6.07) is 7.40. The smallest absolute Gasteiger partial charge is 0.391 e. The summed E-state index contributed by atoms with van der Waals surface area (Å²) >= 11 is 0. The van der Waals surface area contributed by atoms with Crippen molar-refractivity contribution >= 4 is 27.3 Å². The first kappa shape index (κ1) is 29.9. The van der Waals surface area contributed by atoms with Gasteiger partial charge in [0.15, 0.2) is 5.82 Å². The van der Waals surface area contributed by atoms with Gasteiger partial charge in [0.2, 0.25) is 0 Å². The molecule has 2 N–H and O–H groups in total. The molecule has 2 aromatic carbocycles. The molecule has 1 aliphatic rings. The number of carboxylic acid groups (broad SMARTS) is 1. The Balaban J connectivity index is 1.81. The van der Waals surface area contributed by atoms with Crippen LogP contribution in [0.2, 0.25) is 0 Å². The van der Waals surface area contributed by atoms with Gasteiger partial charge in [0, 0.05) is 5.56 Å². The Morgan fingerprint density at radius 1 is 1.13 bits per heavy atom. The van der Waals surface area contributed by atoms with Crippen molar-refractivity contribution in [2.24, 2.45) is 11.8 Å². The summed E-state index contributed by atoms with van der Waals surface area (Å²) in [7, 11) is -3.22. The number of methoxy groups -OCH3 is 1. The van der Waals surface area contributed by atoms with Crippen LogP contribution in [0, 0.1) is 17.7 Å². The van der Waals surface area contributed by atoms with E-state index in [9.17, 15) is 26.4 Å². The molecule has 0 unspecified atom stereocenters. The third kappa shape index (κ3) is 7.08. The Bertz CT molecular complexity index is 1410. The van der Waals surface area contributed by atoms with E-state index in [1.807, 2.05) is 0 Å². The number of alkyl halides is 3. The molecule has 0 amide bonds. The maximum Gasteiger partial charge on any atom is 0.391 e. The Morgan fingerprint density at radius 3 is 2.36 bits per heavy atom. The van der Waals surface area contributed by atoms with Crippen molar-refractivity contribution in [2.75, 3.05) is 11.8 Å². The van der Waals surface area contributed by atoms with Gasteiger partial charge in [-0.2, -0.15) is 13.2 Å². The minimum atomic E-state index is -4.45. The lowest BCUT2D eigenvalue weighted by molar-refractivity contribution is -0.183. The normalized spacial score (nSPS) is 18.7. The van der Waals surface area contributed by atoms with Gasteiger partial charge in [0.1, 0.15) is 10.6 Å². The molecule has 0 aliphatic heterocycles. The van der Waals surface area contributed by atoms with Gasteiger partial charge in [-0.05, 0) is 68.4 Å². The average Bonchev–Trinajstić information content (AvgIpc) is 2.89. The van der Waals surface area contributed by atoms with Gasteiger partial charge in [-0.15, -0.1) is 0 Å². The molecule has 1 aliphatic carbocycles. The van der Waals surface area contributed by atoms with Gasteiger partial charge in [0.05, 0.1) is 24.3 Å². The molecule has 0 spiro atoms. The zero-order valence-electron chi connectivity index (χ0n) is 21.4. The van der Waals surface area contributed by atoms with Crippen molar-refractivity contribution in [3.05, 3.63) is 83.7 Å². The van der Waals surface area contributed by atoms with Gasteiger partial charge in [-0.25, -0.2) is 17.6 Å². The lowest BCUT2D eigenvalue weighted by Crippen LogP contribution is -2.28. The van der Waals surface area contributed by atoms with Crippen LogP contribution < -0.4 is 9.46 Å². The van der Waals surface area contributed by atoms with Crippen molar-refractivity contribution in [1.82, 2.24) is 0 Å². The second-order valence-corrected chi connectivity index (χ2v) is 10.8. The quantitative estimate of drug-likeness (QED) is 0.247. The summed E-state index contributed by atoms with van der Waals surface area (Å²) in [4.78, 5) is 10.6. The van der Waals surface area contributed by atoms with E-state index >= 15 is 4.39 Å². The van der Waals surface area contributed by atoms with Gasteiger partial charge >= 0.3 is 12.1 Å². The number of ether oxygens (including phenoxy) is 1. The van der Waals surface area contributed by atoms with Crippen LogP contribution >= 0.6 is 0 Å². The highest BCUT2D eigenvalue weighted by molar-refractivity contribution is 7.92. The highest BCUT2D eigenvalue weighted by Gasteiger charge is 2.41. The number of nitrogens with one attached hydrogen (secondary N) is 1. The average molecular weight is 568 g/mol. The number of anilines is 1. The number of carboxylic acids is 1. The predicted molar refractivity (Wildman–Crippen MR) is 141 cm³/mol. The molecule has 2 aromatic rings. The number of sulfonamides is 1. The fourth-order valence-corrected chi connectivity index (χ4v) is 5.69. The molecule has 210 valence electrons. The monoisotopic (exact) mass is 567 g/mol. The van der Waals surface area contributed by atoms with Crippen LogP contribution in [0.15, 0.2) is 71.7 Å². The predicted octanol–water partition coefficient (Wildman–Crippen LogP) is 7.22. The molecule has 11 heteroatoms. The molecule has 1 fully saturated rings. The van der Waals surface area contributed by atoms with E-state index in [2.05, 4.69) is 11.3 Å². The van der Waals surface area contributed by atoms with E-state index in [0.29, 0.717) is 24.0 Å². The highest BCUT2D eigenvalue weighted by atomic mass is 32.2. The third-order valence-corrected chi connectivity index (χ3v) is 8.14. The molecule has 0 radical (unpaired) electrons. The van der Waals surface area contributed by atoms with Gasteiger partial charge in [0.25, 0.3) is 10.0 Å². The molecular formula is C28H29F4NO5S. The SMILES string of the molecule is C=C(/C=C\C(=C/C)c1cccc(S(=O)(=O)Nc2ccc(C(=O)O)cc2OC)c1F)C1CCC(C(F)(F)F)CC1. The Labute approximate surface area is 224 Å². The van der Waals surface area contributed by atoms with Crippen LogP contribution in [-0.4, -0.2) is 32.8 Å². The zero-order chi connectivity index (χ0) is 29.0. The van der Waals surface area contributed by atoms with Crippen molar-refractivity contribution in [3.8, 4) is 5.75 Å². The van der Waals surface area contributed by atoms with Gasteiger partial charge < -0.3 is 9.84 Å². The number of halogens is 4. The molecular weight excluding hydrogens is 538 g/mol. The molecule has 0 aromatic heterocycles. The number of hydrogen-bond donors (Lipinski definition) is 2. The lowest BCUT2D eigenvalue weighted by atomic mass is 9.78. The number of allylic oxidation sites excluding steroid dienone is 5. The van der Waals surface area contributed by atoms with E-state index in [1.165, 1.54) is 31.4 Å². The van der Waals surface area contributed by atoms with Crippen LogP contribution in [-0.2, 0) is 10.0 Å². The zero-order valence-corrected chi connectivity index (χ0v) is 22.2. The number of hydrogen-bond acceptors (Lipinski definition) is 4. The Kier molecular flexibility index (Phi) is 9.26. The molecule has 6 nitrogen and oxygen atoms in total. The molecule has 0 saturated heterocycles. The fraction of sp³-hybridized carbons (Fsp3) is 0.321. The molecule has 39 heavy (non-hydrogen) atoms. The first-order valence-corrected chi connectivity index (χ1v) is 13.6. The van der Waals surface area contributed by atoms with E-state index in [4.69, 9.17) is 9.84 Å². The summed E-state index contributed by atoms with van der Waals surface area (Å²) in [5.41, 5.74) is 0.784. The molecule has 0 atom stereocenters. The topological polar surface area (TPSA) is 92.7 Å². The Hall–Kier alpha value is -3.60. The van der Waals surface area contributed by atoms with Crippen molar-refractivity contribution in [2.45, 2.75) is 43.7 Å². The maximum absolute atomic E-state index is 15.6. The summed E-state index contributed by atoms with van der Waals surface area (Å²) in [5, 5.41) is 9.14. The summed E-state index contributed by atoms with van der Waals surface area (Å²) in [6.07, 6.45) is 1.33. The number of aromatic carboxylic acids is 1. The standard InChI is InChI=1S/C28H29F4NO5S/c1-4-18(9-8-17(2)19-10-13-21(14-11-19)28(30,31)32)22-6-5-7-25(26(22)29)39(36,37)33-23-15-12-20(27(34)35)16-24(23)38-3/h4-9,12,15-16,19,21,33H,2,10-11,13-14H2,1,3H3,(H,34,35)/b9-8-,18-4+. The van der Waals surface area contributed by atoms with Crippen LogP contribution in [0.1, 0.15) is 48.5 Å². The number of rotatable bonds is 9. The second-order valence-electron chi connectivity index (χ2n) is 9.19. The summed E-state index contributed by atoms with van der Waals surface area (Å²) in [6.45, 7) is 5.62. The first-order chi connectivity index (χ1) is 18.3. The molecule has 0 heterocycles. The lowest BCUT2D eigenvalue weighted by Gasteiger charge is -2.30. The van der Waals surface area contributed by atoms with Gasteiger partial charge in [-0.3, -0.25) is 4.72 Å². The van der Waals surface area contributed by atoms with E-state index in [-0.39, 0.29) is 41.3 Å². The Morgan fingerprint density at radius 2 is 1.79 bits per heavy atom. The van der Waals surface area contributed by atoms with E-state index in [0.717, 1.165) is 12.1 Å². The van der Waals surface area contributed by atoms with E-state index < -0.39 is 38.8 Å². The largest absolute Gasteiger partial charge is 0.495 e. The van der Waals surface area contributed by atoms with Crippen molar-refractivity contribution < 1.29 is 40.6 Å². The maximum atomic E-state index is 15.6.